The molecule has 0 unspecified atom stereocenters. The van der Waals surface area contributed by atoms with E-state index in [0.29, 0.717) is 18.0 Å². The minimum atomic E-state index is 0.367. The fourth-order valence-corrected chi connectivity index (χ4v) is 2.73. The maximum Gasteiger partial charge on any atom is 0.163 e. The Bertz CT molecular complexity index is 655. The molecule has 1 aromatic heterocycles. The zero-order valence-electron chi connectivity index (χ0n) is 12.5. The van der Waals surface area contributed by atoms with Crippen LogP contribution in [-0.4, -0.2) is 46.6 Å². The molecular formula is C16H19N5O. The average Bonchev–Trinajstić information content (AvgIpc) is 3.23. The molecule has 0 saturated carbocycles. The number of aromatic amines is 1. The van der Waals surface area contributed by atoms with Crippen LogP contribution in [0.5, 0.6) is 5.75 Å². The first-order valence-corrected chi connectivity index (χ1v) is 7.63. The molecule has 6 heteroatoms. The Morgan fingerprint density at radius 1 is 1.32 bits per heavy atom. The molecule has 2 aromatic rings. The monoisotopic (exact) mass is 297 g/mol. The molecule has 114 valence electrons. The van der Waals surface area contributed by atoms with Gasteiger partial charge in [-0.2, -0.15) is 5.26 Å². The fourth-order valence-electron chi connectivity index (χ4n) is 2.73. The van der Waals surface area contributed by atoms with Gasteiger partial charge in [0.25, 0.3) is 0 Å². The van der Waals surface area contributed by atoms with Crippen molar-refractivity contribution in [3.05, 3.63) is 30.0 Å². The molecule has 22 heavy (non-hydrogen) atoms. The smallest absolute Gasteiger partial charge is 0.163 e. The van der Waals surface area contributed by atoms with Gasteiger partial charge in [-0.1, -0.05) is 17.3 Å². The minimum absolute atomic E-state index is 0.367. The Morgan fingerprint density at radius 3 is 3.00 bits per heavy atom. The maximum absolute atomic E-state index is 9.02. The van der Waals surface area contributed by atoms with Crippen LogP contribution in [0.2, 0.25) is 0 Å². The standard InChI is InChI=1S/C16H19N5O/c17-12-15-16(19-20-18-15)13-5-3-6-14(11-13)22-10-4-9-21-7-1-2-8-21/h3,5-6,11H,1-2,4,7-10H2,(H,18,19,20). The molecule has 0 spiro atoms. The molecule has 3 rings (SSSR count). The molecule has 1 aliphatic heterocycles. The normalized spacial score (nSPS) is 14.9. The molecule has 0 radical (unpaired) electrons. The number of nitrogens with one attached hydrogen (secondary N) is 1. The van der Waals surface area contributed by atoms with Gasteiger partial charge < -0.3 is 9.64 Å². The molecule has 1 N–H and O–H groups in total. The van der Waals surface area contributed by atoms with E-state index in [1.807, 2.05) is 24.3 Å². The van der Waals surface area contributed by atoms with Crippen molar-refractivity contribution >= 4 is 0 Å². The minimum Gasteiger partial charge on any atom is -0.494 e. The van der Waals surface area contributed by atoms with E-state index in [0.717, 1.165) is 24.3 Å². The summed E-state index contributed by atoms with van der Waals surface area (Å²) in [5.74, 6) is 0.797. The molecule has 0 bridgehead atoms. The number of hydrogen-bond donors (Lipinski definition) is 1. The fraction of sp³-hybridized carbons (Fsp3) is 0.438. The Kier molecular flexibility index (Phi) is 4.66. The van der Waals surface area contributed by atoms with Gasteiger partial charge in [-0.25, -0.2) is 5.10 Å². The van der Waals surface area contributed by atoms with Crippen LogP contribution in [-0.2, 0) is 0 Å². The van der Waals surface area contributed by atoms with Gasteiger partial charge in [-0.05, 0) is 44.5 Å². The average molecular weight is 297 g/mol. The molecule has 6 nitrogen and oxygen atoms in total. The van der Waals surface area contributed by atoms with Crippen LogP contribution in [0.3, 0.4) is 0 Å². The van der Waals surface area contributed by atoms with Crippen LogP contribution >= 0.6 is 0 Å². The van der Waals surface area contributed by atoms with Crippen LogP contribution in [0.15, 0.2) is 24.3 Å². The molecule has 1 fully saturated rings. The third-order valence-electron chi connectivity index (χ3n) is 3.85. The summed E-state index contributed by atoms with van der Waals surface area (Å²) in [5, 5.41) is 19.2. The zero-order chi connectivity index (χ0) is 15.2. The first-order chi connectivity index (χ1) is 10.9. The van der Waals surface area contributed by atoms with Crippen molar-refractivity contribution in [2.75, 3.05) is 26.2 Å². The van der Waals surface area contributed by atoms with Gasteiger partial charge in [-0.15, -0.1) is 5.10 Å². The van der Waals surface area contributed by atoms with Gasteiger partial charge in [0.15, 0.2) is 5.69 Å². The lowest BCUT2D eigenvalue weighted by Crippen LogP contribution is -2.21. The lowest BCUT2D eigenvalue weighted by molar-refractivity contribution is 0.263. The lowest BCUT2D eigenvalue weighted by Gasteiger charge is -2.14. The number of likely N-dealkylation sites (tertiary alicyclic amines) is 1. The van der Waals surface area contributed by atoms with Gasteiger partial charge in [0.05, 0.1) is 6.61 Å². The summed E-state index contributed by atoms with van der Waals surface area (Å²) in [7, 11) is 0. The van der Waals surface area contributed by atoms with E-state index in [2.05, 4.69) is 26.4 Å². The van der Waals surface area contributed by atoms with Gasteiger partial charge in [0.2, 0.25) is 0 Å². The number of nitriles is 1. The van der Waals surface area contributed by atoms with E-state index in [1.54, 1.807) is 0 Å². The van der Waals surface area contributed by atoms with Crippen LogP contribution in [0.4, 0.5) is 0 Å². The number of ether oxygens (including phenoxy) is 1. The van der Waals surface area contributed by atoms with Crippen LogP contribution in [0.25, 0.3) is 11.3 Å². The SMILES string of the molecule is N#Cc1[nH]nnc1-c1cccc(OCCCN2CCCC2)c1. The number of rotatable bonds is 6. The second-order valence-corrected chi connectivity index (χ2v) is 5.43. The van der Waals surface area contributed by atoms with Crippen molar-refractivity contribution in [1.29, 1.82) is 5.26 Å². The predicted molar refractivity (Wildman–Crippen MR) is 82.3 cm³/mol. The molecule has 0 aliphatic carbocycles. The van der Waals surface area contributed by atoms with Gasteiger partial charge >= 0.3 is 0 Å². The van der Waals surface area contributed by atoms with E-state index in [-0.39, 0.29) is 0 Å². The lowest BCUT2D eigenvalue weighted by atomic mass is 10.1. The van der Waals surface area contributed by atoms with Crippen molar-refractivity contribution in [2.45, 2.75) is 19.3 Å². The molecule has 0 amide bonds. The second-order valence-electron chi connectivity index (χ2n) is 5.43. The Labute approximate surface area is 129 Å². The van der Waals surface area contributed by atoms with E-state index in [4.69, 9.17) is 10.00 Å². The number of nitrogens with zero attached hydrogens (tertiary/aromatic N) is 4. The maximum atomic E-state index is 9.02. The number of hydrogen-bond acceptors (Lipinski definition) is 5. The number of H-pyrrole nitrogens is 1. The Morgan fingerprint density at radius 2 is 2.18 bits per heavy atom. The van der Waals surface area contributed by atoms with Crippen molar-refractivity contribution < 1.29 is 4.74 Å². The summed E-state index contributed by atoms with van der Waals surface area (Å²) < 4.78 is 5.81. The first-order valence-electron chi connectivity index (χ1n) is 7.63. The highest BCUT2D eigenvalue weighted by molar-refractivity contribution is 5.65. The predicted octanol–water partition coefficient (Wildman–Crippen LogP) is 2.21. The summed E-state index contributed by atoms with van der Waals surface area (Å²) in [6.07, 6.45) is 3.67. The zero-order valence-corrected chi connectivity index (χ0v) is 12.5. The molecule has 1 aliphatic rings. The summed E-state index contributed by atoms with van der Waals surface area (Å²) >= 11 is 0. The topological polar surface area (TPSA) is 77.8 Å². The molecule has 2 heterocycles. The molecule has 1 saturated heterocycles. The van der Waals surface area contributed by atoms with Crippen LogP contribution in [0, 0.1) is 11.3 Å². The third kappa shape index (κ3) is 3.43. The highest BCUT2D eigenvalue weighted by Gasteiger charge is 2.11. The van der Waals surface area contributed by atoms with E-state index in [1.165, 1.54) is 25.9 Å². The van der Waals surface area contributed by atoms with E-state index in [9.17, 15) is 0 Å². The molecule has 1 aromatic carbocycles. The van der Waals surface area contributed by atoms with Crippen LogP contribution in [0.1, 0.15) is 25.0 Å². The van der Waals surface area contributed by atoms with Gasteiger partial charge in [-0.3, -0.25) is 0 Å². The van der Waals surface area contributed by atoms with E-state index >= 15 is 0 Å². The first kappa shape index (κ1) is 14.5. The van der Waals surface area contributed by atoms with Crippen molar-refractivity contribution in [1.82, 2.24) is 20.3 Å². The van der Waals surface area contributed by atoms with Gasteiger partial charge in [0.1, 0.15) is 17.5 Å². The Balaban J connectivity index is 1.56. The van der Waals surface area contributed by atoms with Crippen molar-refractivity contribution in [3.63, 3.8) is 0 Å². The number of aromatic nitrogens is 3. The molecule has 0 atom stereocenters. The number of benzene rings is 1. The summed E-state index contributed by atoms with van der Waals surface area (Å²) in [4.78, 5) is 2.48. The van der Waals surface area contributed by atoms with Crippen molar-refractivity contribution in [3.8, 4) is 23.1 Å². The quantitative estimate of drug-likeness (QED) is 0.827. The third-order valence-corrected chi connectivity index (χ3v) is 3.85. The highest BCUT2D eigenvalue weighted by Crippen LogP contribution is 2.23. The summed E-state index contributed by atoms with van der Waals surface area (Å²) in [6.45, 7) is 4.24. The second kappa shape index (κ2) is 7.05. The largest absolute Gasteiger partial charge is 0.494 e. The van der Waals surface area contributed by atoms with E-state index < -0.39 is 0 Å². The van der Waals surface area contributed by atoms with Crippen LogP contribution < -0.4 is 4.74 Å². The molecular weight excluding hydrogens is 278 g/mol. The summed E-state index contributed by atoms with van der Waals surface area (Å²) in [6, 6.07) is 9.67. The summed E-state index contributed by atoms with van der Waals surface area (Å²) in [5.41, 5.74) is 1.76. The van der Waals surface area contributed by atoms with Gasteiger partial charge in [0, 0.05) is 12.1 Å². The van der Waals surface area contributed by atoms with Crippen molar-refractivity contribution in [2.24, 2.45) is 0 Å². The highest BCUT2D eigenvalue weighted by atomic mass is 16.5. The Hall–Kier alpha value is -2.39.